The van der Waals surface area contributed by atoms with Gasteiger partial charge < -0.3 is 15.0 Å². The van der Waals surface area contributed by atoms with E-state index in [1.807, 2.05) is 36.5 Å². The Morgan fingerprint density at radius 1 is 1.15 bits per heavy atom. The topological polar surface area (TPSA) is 84.8 Å². The van der Waals surface area contributed by atoms with Crippen LogP contribution in [0.2, 0.25) is 0 Å². The van der Waals surface area contributed by atoms with Gasteiger partial charge in [0.25, 0.3) is 0 Å². The van der Waals surface area contributed by atoms with Crippen LogP contribution >= 0.6 is 11.8 Å². The summed E-state index contributed by atoms with van der Waals surface area (Å²) in [6, 6.07) is 18.3. The molecule has 0 bridgehead atoms. The number of fused-ring (bicyclic) bond motifs is 1. The minimum absolute atomic E-state index is 0.00348. The van der Waals surface area contributed by atoms with Gasteiger partial charge in [-0.25, -0.2) is 0 Å². The molecule has 0 radical (unpaired) electrons. The molecule has 3 heterocycles. The summed E-state index contributed by atoms with van der Waals surface area (Å²) in [5, 5.41) is 13.8. The summed E-state index contributed by atoms with van der Waals surface area (Å²) >= 11 is 1.42. The number of nitrogens with zero attached hydrogens (tertiary/aromatic N) is 3. The number of para-hydroxylation sites is 1. The summed E-state index contributed by atoms with van der Waals surface area (Å²) in [5.74, 6) is 1.10. The number of H-pyrrole nitrogens is 1. The molecule has 1 atom stereocenters. The minimum Gasteiger partial charge on any atom is -0.376 e. The zero-order chi connectivity index (χ0) is 22.5. The van der Waals surface area contributed by atoms with Crippen molar-refractivity contribution in [3.05, 3.63) is 66.4 Å². The third kappa shape index (κ3) is 5.12. The highest BCUT2D eigenvalue weighted by atomic mass is 32.2. The molecule has 4 aromatic rings. The van der Waals surface area contributed by atoms with Gasteiger partial charge in [0.05, 0.1) is 18.4 Å². The molecule has 2 N–H and O–H groups in total. The number of aromatic amines is 1. The number of nitrogens with one attached hydrogen (secondary N) is 2. The molecule has 5 rings (SSSR count). The Bertz CT molecular complexity index is 1210. The maximum absolute atomic E-state index is 12.5. The summed E-state index contributed by atoms with van der Waals surface area (Å²) in [6.07, 6.45) is 5.03. The van der Waals surface area contributed by atoms with Crippen LogP contribution in [0, 0.1) is 0 Å². The van der Waals surface area contributed by atoms with Crippen LogP contribution in [0.3, 0.4) is 0 Å². The molecule has 1 amide bonds. The number of benzene rings is 2. The Balaban J connectivity index is 1.29. The summed E-state index contributed by atoms with van der Waals surface area (Å²) in [5.41, 5.74) is 3.28. The first-order valence-electron chi connectivity index (χ1n) is 11.3. The van der Waals surface area contributed by atoms with Gasteiger partial charge in [-0.15, -0.1) is 10.2 Å². The zero-order valence-corrected chi connectivity index (χ0v) is 19.2. The van der Waals surface area contributed by atoms with Crippen LogP contribution in [0.15, 0.2) is 66.0 Å². The van der Waals surface area contributed by atoms with Gasteiger partial charge in [0, 0.05) is 35.8 Å². The van der Waals surface area contributed by atoms with Gasteiger partial charge in [-0.2, -0.15) is 0 Å². The number of amides is 1. The summed E-state index contributed by atoms with van der Waals surface area (Å²) < 4.78 is 7.99. The minimum atomic E-state index is -0.00348. The number of carbonyl (C=O) groups is 1. The lowest BCUT2D eigenvalue weighted by Gasteiger charge is -2.14. The van der Waals surface area contributed by atoms with Crippen molar-refractivity contribution in [2.24, 2.45) is 0 Å². The van der Waals surface area contributed by atoms with E-state index in [2.05, 4.69) is 49.3 Å². The predicted molar refractivity (Wildman–Crippen MR) is 130 cm³/mol. The normalized spacial score (nSPS) is 15.8. The second kappa shape index (κ2) is 10.2. The monoisotopic (exact) mass is 461 g/mol. The largest absolute Gasteiger partial charge is 0.376 e. The second-order valence-electron chi connectivity index (χ2n) is 8.17. The van der Waals surface area contributed by atoms with E-state index in [4.69, 9.17) is 4.74 Å². The SMILES string of the molecule is O=C(CSc1nnc(-c2c[nH]c3ccccc23)n1CC1CCCO1)NCCc1ccccc1. The van der Waals surface area contributed by atoms with Gasteiger partial charge in [-0.3, -0.25) is 9.36 Å². The van der Waals surface area contributed by atoms with E-state index in [-0.39, 0.29) is 12.0 Å². The fourth-order valence-electron chi connectivity index (χ4n) is 4.18. The quantitative estimate of drug-likeness (QED) is 0.367. The summed E-state index contributed by atoms with van der Waals surface area (Å²) in [6.45, 7) is 2.09. The van der Waals surface area contributed by atoms with Gasteiger partial charge >= 0.3 is 0 Å². The molecule has 2 aromatic heterocycles. The molecule has 0 aliphatic carbocycles. The summed E-state index contributed by atoms with van der Waals surface area (Å²) in [4.78, 5) is 15.8. The van der Waals surface area contributed by atoms with E-state index in [0.29, 0.717) is 18.8 Å². The van der Waals surface area contributed by atoms with Crippen LogP contribution in [0.4, 0.5) is 0 Å². The van der Waals surface area contributed by atoms with Gasteiger partial charge in [-0.1, -0.05) is 60.3 Å². The molecule has 33 heavy (non-hydrogen) atoms. The Morgan fingerprint density at radius 2 is 2.00 bits per heavy atom. The first-order valence-corrected chi connectivity index (χ1v) is 12.3. The first-order chi connectivity index (χ1) is 16.3. The maximum Gasteiger partial charge on any atom is 0.230 e. The van der Waals surface area contributed by atoms with Gasteiger partial charge in [-0.05, 0) is 30.9 Å². The molecule has 0 spiro atoms. The van der Waals surface area contributed by atoms with Crippen molar-refractivity contribution < 1.29 is 9.53 Å². The van der Waals surface area contributed by atoms with Crippen LogP contribution in [0.1, 0.15) is 18.4 Å². The number of hydrogen-bond donors (Lipinski definition) is 2. The summed E-state index contributed by atoms with van der Waals surface area (Å²) in [7, 11) is 0. The Kier molecular flexibility index (Phi) is 6.73. The van der Waals surface area contributed by atoms with Crippen molar-refractivity contribution in [1.29, 1.82) is 0 Å². The molecule has 1 aliphatic heterocycles. The molecule has 1 aliphatic rings. The lowest BCUT2D eigenvalue weighted by atomic mass is 10.1. The van der Waals surface area contributed by atoms with Crippen LogP contribution in [-0.4, -0.2) is 50.7 Å². The van der Waals surface area contributed by atoms with Crippen LogP contribution in [-0.2, 0) is 22.5 Å². The van der Waals surface area contributed by atoms with E-state index in [1.54, 1.807) is 0 Å². The van der Waals surface area contributed by atoms with Gasteiger partial charge in [0.2, 0.25) is 5.91 Å². The smallest absolute Gasteiger partial charge is 0.230 e. The Labute approximate surface area is 196 Å². The Hall–Kier alpha value is -3.10. The van der Waals surface area contributed by atoms with Crippen molar-refractivity contribution >= 4 is 28.6 Å². The number of hydrogen-bond acceptors (Lipinski definition) is 5. The number of thioether (sulfide) groups is 1. The van der Waals surface area contributed by atoms with E-state index >= 15 is 0 Å². The van der Waals surface area contributed by atoms with Crippen molar-refractivity contribution in [2.75, 3.05) is 18.9 Å². The number of carbonyl (C=O) groups excluding carboxylic acids is 1. The van der Waals surface area contributed by atoms with Crippen molar-refractivity contribution in [2.45, 2.75) is 37.1 Å². The molecule has 170 valence electrons. The maximum atomic E-state index is 12.5. The highest BCUT2D eigenvalue weighted by Crippen LogP contribution is 2.31. The average molecular weight is 462 g/mol. The molecule has 1 saturated heterocycles. The zero-order valence-electron chi connectivity index (χ0n) is 18.4. The van der Waals surface area contributed by atoms with Gasteiger partial charge in [0.1, 0.15) is 0 Å². The van der Waals surface area contributed by atoms with Crippen LogP contribution in [0.5, 0.6) is 0 Å². The lowest BCUT2D eigenvalue weighted by Crippen LogP contribution is -2.27. The van der Waals surface area contributed by atoms with Crippen molar-refractivity contribution in [1.82, 2.24) is 25.1 Å². The molecule has 1 unspecified atom stereocenters. The Morgan fingerprint density at radius 3 is 2.85 bits per heavy atom. The molecule has 2 aromatic carbocycles. The van der Waals surface area contributed by atoms with E-state index in [1.165, 1.54) is 17.3 Å². The standard InChI is InChI=1S/C25H27N5O2S/c31-23(26-13-12-18-7-2-1-3-8-18)17-33-25-29-28-24(30(25)16-19-9-6-14-32-19)21-15-27-22-11-5-4-10-20(21)22/h1-5,7-8,10-11,15,19,27H,6,9,12-14,16-17H2,(H,26,31). The fourth-order valence-corrected chi connectivity index (χ4v) is 4.96. The first kappa shape index (κ1) is 21.7. The number of rotatable bonds is 9. The molecule has 1 fully saturated rings. The highest BCUT2D eigenvalue weighted by molar-refractivity contribution is 7.99. The van der Waals surface area contributed by atoms with Crippen molar-refractivity contribution in [3.8, 4) is 11.4 Å². The molecule has 0 saturated carbocycles. The van der Waals surface area contributed by atoms with Crippen molar-refractivity contribution in [3.63, 3.8) is 0 Å². The molecular weight excluding hydrogens is 434 g/mol. The number of ether oxygens (including phenoxy) is 1. The fraction of sp³-hybridized carbons (Fsp3) is 0.320. The van der Waals surface area contributed by atoms with E-state index in [0.717, 1.165) is 53.3 Å². The highest BCUT2D eigenvalue weighted by Gasteiger charge is 2.23. The second-order valence-corrected chi connectivity index (χ2v) is 9.12. The molecular formula is C25H27N5O2S. The molecule has 7 nitrogen and oxygen atoms in total. The average Bonchev–Trinajstić information content (AvgIpc) is 3.59. The van der Waals surface area contributed by atoms with E-state index < -0.39 is 0 Å². The number of aromatic nitrogens is 4. The predicted octanol–water partition coefficient (Wildman–Crippen LogP) is 4.06. The molecule has 8 heteroatoms. The van der Waals surface area contributed by atoms with Gasteiger partial charge in [0.15, 0.2) is 11.0 Å². The van der Waals surface area contributed by atoms with Crippen LogP contribution < -0.4 is 5.32 Å². The third-order valence-corrected chi connectivity index (χ3v) is 6.83. The van der Waals surface area contributed by atoms with Crippen LogP contribution in [0.25, 0.3) is 22.3 Å². The van der Waals surface area contributed by atoms with E-state index in [9.17, 15) is 4.79 Å². The third-order valence-electron chi connectivity index (χ3n) is 5.87. The lowest BCUT2D eigenvalue weighted by molar-refractivity contribution is -0.118.